The zero-order valence-electron chi connectivity index (χ0n) is 12.5. The van der Waals surface area contributed by atoms with Crippen LogP contribution in [0.5, 0.6) is 5.75 Å². The lowest BCUT2D eigenvalue weighted by Gasteiger charge is -2.12. The maximum Gasteiger partial charge on any atom is 0.138 e. The highest BCUT2D eigenvalue weighted by Crippen LogP contribution is 2.29. The number of halogens is 1. The number of pyridine rings is 1. The van der Waals surface area contributed by atoms with Crippen LogP contribution in [0.15, 0.2) is 36.7 Å². The van der Waals surface area contributed by atoms with Crippen LogP contribution in [-0.4, -0.2) is 18.1 Å². The van der Waals surface area contributed by atoms with E-state index in [1.165, 1.54) is 5.56 Å². The average molecular weight is 305 g/mol. The Balaban J connectivity index is 2.33. The predicted molar refractivity (Wildman–Crippen MR) is 87.8 cm³/mol. The number of hydrogen-bond donors (Lipinski definition) is 1. The van der Waals surface area contributed by atoms with E-state index in [-0.39, 0.29) is 0 Å². The number of nitrogens with one attached hydrogen (secondary N) is 1. The first kappa shape index (κ1) is 15.8. The van der Waals surface area contributed by atoms with E-state index in [0.29, 0.717) is 6.61 Å². The molecule has 112 valence electrons. The molecule has 1 heterocycles. The number of rotatable bonds is 7. The van der Waals surface area contributed by atoms with Crippen molar-refractivity contribution < 1.29 is 4.74 Å². The predicted octanol–water partition coefficient (Wildman–Crippen LogP) is 4.30. The van der Waals surface area contributed by atoms with Crippen molar-refractivity contribution in [2.24, 2.45) is 0 Å². The molecular weight excluding hydrogens is 284 g/mol. The highest BCUT2D eigenvalue weighted by atomic mass is 35.5. The van der Waals surface area contributed by atoms with Gasteiger partial charge in [-0.15, -0.1) is 0 Å². The van der Waals surface area contributed by atoms with Crippen molar-refractivity contribution >= 4 is 11.6 Å². The fourth-order valence-corrected chi connectivity index (χ4v) is 2.27. The maximum absolute atomic E-state index is 6.15. The molecule has 0 bridgehead atoms. The molecule has 1 aromatic carbocycles. The van der Waals surface area contributed by atoms with E-state index in [1.54, 1.807) is 6.20 Å². The Labute approximate surface area is 131 Å². The second-order valence-corrected chi connectivity index (χ2v) is 5.28. The van der Waals surface area contributed by atoms with Gasteiger partial charge in [-0.05, 0) is 42.3 Å². The van der Waals surface area contributed by atoms with Crippen LogP contribution in [0, 0.1) is 0 Å². The van der Waals surface area contributed by atoms with Gasteiger partial charge in [-0.25, -0.2) is 0 Å². The Morgan fingerprint density at radius 2 is 2.05 bits per heavy atom. The van der Waals surface area contributed by atoms with E-state index in [4.69, 9.17) is 16.3 Å². The smallest absolute Gasteiger partial charge is 0.138 e. The molecule has 0 aliphatic heterocycles. The van der Waals surface area contributed by atoms with Crippen LogP contribution >= 0.6 is 11.6 Å². The van der Waals surface area contributed by atoms with E-state index >= 15 is 0 Å². The van der Waals surface area contributed by atoms with Crippen LogP contribution in [0.3, 0.4) is 0 Å². The summed E-state index contributed by atoms with van der Waals surface area (Å²) in [5.41, 5.74) is 3.33. The van der Waals surface area contributed by atoms with E-state index in [2.05, 4.69) is 30.2 Å². The van der Waals surface area contributed by atoms with Gasteiger partial charge in [0.15, 0.2) is 0 Å². The van der Waals surface area contributed by atoms with Gasteiger partial charge in [-0.3, -0.25) is 4.98 Å². The van der Waals surface area contributed by atoms with Crippen LogP contribution in [-0.2, 0) is 6.54 Å². The lowest BCUT2D eigenvalue weighted by Crippen LogP contribution is -2.12. The molecule has 0 aliphatic rings. The number of benzene rings is 1. The molecule has 0 saturated heterocycles. The van der Waals surface area contributed by atoms with Crippen molar-refractivity contribution in [1.29, 1.82) is 0 Å². The molecule has 0 aliphatic carbocycles. The van der Waals surface area contributed by atoms with Gasteiger partial charge < -0.3 is 10.1 Å². The molecule has 2 rings (SSSR count). The third-order valence-electron chi connectivity index (χ3n) is 3.13. The van der Waals surface area contributed by atoms with E-state index in [1.807, 2.05) is 24.4 Å². The summed E-state index contributed by atoms with van der Waals surface area (Å²) in [5, 5.41) is 4.08. The van der Waals surface area contributed by atoms with Crippen molar-refractivity contribution in [2.45, 2.75) is 26.8 Å². The molecule has 21 heavy (non-hydrogen) atoms. The molecule has 0 unspecified atom stereocenters. The number of aromatic nitrogens is 1. The highest BCUT2D eigenvalue weighted by molar-refractivity contribution is 6.30. The molecule has 0 spiro atoms. The van der Waals surface area contributed by atoms with E-state index in [0.717, 1.165) is 41.4 Å². The van der Waals surface area contributed by atoms with Gasteiger partial charge >= 0.3 is 0 Å². The van der Waals surface area contributed by atoms with Crippen LogP contribution in [0.2, 0.25) is 5.02 Å². The number of nitrogens with zero attached hydrogens (tertiary/aromatic N) is 1. The molecule has 0 radical (unpaired) electrons. The molecule has 1 N–H and O–H groups in total. The minimum Gasteiger partial charge on any atom is -0.492 e. The summed E-state index contributed by atoms with van der Waals surface area (Å²) in [6, 6.07) is 7.97. The number of hydrogen-bond acceptors (Lipinski definition) is 3. The normalized spacial score (nSPS) is 10.6. The van der Waals surface area contributed by atoms with Crippen molar-refractivity contribution in [3.63, 3.8) is 0 Å². The second-order valence-electron chi connectivity index (χ2n) is 4.84. The fourth-order valence-electron chi connectivity index (χ4n) is 2.10. The van der Waals surface area contributed by atoms with Gasteiger partial charge in [0, 0.05) is 23.3 Å². The molecule has 1 aromatic heterocycles. The van der Waals surface area contributed by atoms with Crippen molar-refractivity contribution in [1.82, 2.24) is 10.3 Å². The summed E-state index contributed by atoms with van der Waals surface area (Å²) >= 11 is 6.15. The Kier molecular flexibility index (Phi) is 6.03. The molecule has 2 aromatic rings. The summed E-state index contributed by atoms with van der Waals surface area (Å²) < 4.78 is 5.66. The maximum atomic E-state index is 6.15. The third kappa shape index (κ3) is 4.45. The first-order chi connectivity index (χ1) is 10.2. The SMILES string of the molecule is CCCOc1cncc(-c2cc(Cl)ccc2CNCC)c1. The first-order valence-electron chi connectivity index (χ1n) is 7.32. The summed E-state index contributed by atoms with van der Waals surface area (Å²) in [6.07, 6.45) is 4.57. The standard InChI is InChI=1S/C17H21ClN2O/c1-3-7-21-16-8-14(11-20-12-16)17-9-15(18)6-5-13(17)10-19-4-2/h5-6,8-9,11-12,19H,3-4,7,10H2,1-2H3. The van der Waals surface area contributed by atoms with Gasteiger partial charge in [0.25, 0.3) is 0 Å². The van der Waals surface area contributed by atoms with E-state index < -0.39 is 0 Å². The van der Waals surface area contributed by atoms with Gasteiger partial charge in [0.2, 0.25) is 0 Å². The fraction of sp³-hybridized carbons (Fsp3) is 0.353. The summed E-state index contributed by atoms with van der Waals surface area (Å²) in [5.74, 6) is 0.795. The minimum absolute atomic E-state index is 0.699. The molecule has 0 atom stereocenters. The van der Waals surface area contributed by atoms with Crippen molar-refractivity contribution in [3.8, 4) is 16.9 Å². The number of ether oxygens (including phenoxy) is 1. The Hall–Kier alpha value is -1.58. The van der Waals surface area contributed by atoms with Crippen molar-refractivity contribution in [3.05, 3.63) is 47.2 Å². The quantitative estimate of drug-likeness (QED) is 0.828. The lowest BCUT2D eigenvalue weighted by atomic mass is 10.0. The Morgan fingerprint density at radius 1 is 1.19 bits per heavy atom. The zero-order chi connectivity index (χ0) is 15.1. The lowest BCUT2D eigenvalue weighted by molar-refractivity contribution is 0.316. The topological polar surface area (TPSA) is 34.1 Å². The summed E-state index contributed by atoms with van der Waals surface area (Å²) in [7, 11) is 0. The third-order valence-corrected chi connectivity index (χ3v) is 3.37. The summed E-state index contributed by atoms with van der Waals surface area (Å²) in [4.78, 5) is 4.28. The van der Waals surface area contributed by atoms with Gasteiger partial charge in [0.05, 0.1) is 12.8 Å². The molecule has 3 nitrogen and oxygen atoms in total. The average Bonchev–Trinajstić information content (AvgIpc) is 2.52. The summed E-state index contributed by atoms with van der Waals surface area (Å²) in [6.45, 7) is 6.62. The molecule has 4 heteroatoms. The van der Waals surface area contributed by atoms with Crippen LogP contribution in [0.4, 0.5) is 0 Å². The van der Waals surface area contributed by atoms with Crippen molar-refractivity contribution in [2.75, 3.05) is 13.2 Å². The van der Waals surface area contributed by atoms with Crippen LogP contribution < -0.4 is 10.1 Å². The van der Waals surface area contributed by atoms with Crippen LogP contribution in [0.25, 0.3) is 11.1 Å². The Bertz CT molecular complexity index is 587. The molecule has 0 fully saturated rings. The Morgan fingerprint density at radius 3 is 2.81 bits per heavy atom. The molecule has 0 amide bonds. The first-order valence-corrected chi connectivity index (χ1v) is 7.69. The monoisotopic (exact) mass is 304 g/mol. The zero-order valence-corrected chi connectivity index (χ0v) is 13.3. The molecular formula is C17H21ClN2O. The largest absolute Gasteiger partial charge is 0.492 e. The minimum atomic E-state index is 0.699. The molecule has 0 saturated carbocycles. The van der Waals surface area contributed by atoms with Gasteiger partial charge in [-0.2, -0.15) is 0 Å². The van der Waals surface area contributed by atoms with Crippen LogP contribution in [0.1, 0.15) is 25.8 Å². The van der Waals surface area contributed by atoms with Gasteiger partial charge in [0.1, 0.15) is 5.75 Å². The second kappa shape index (κ2) is 8.01. The van der Waals surface area contributed by atoms with Gasteiger partial charge in [-0.1, -0.05) is 31.5 Å². The van der Waals surface area contributed by atoms with E-state index in [9.17, 15) is 0 Å². The highest BCUT2D eigenvalue weighted by Gasteiger charge is 2.08.